The van der Waals surface area contributed by atoms with E-state index < -0.39 is 0 Å². The first-order valence-corrected chi connectivity index (χ1v) is 6.65. The number of halogens is 1. The molecule has 0 saturated heterocycles. The minimum atomic E-state index is -0.367. The summed E-state index contributed by atoms with van der Waals surface area (Å²) in [6, 6.07) is 11.1. The molecule has 0 aliphatic carbocycles. The van der Waals surface area contributed by atoms with Gasteiger partial charge in [-0.15, -0.1) is 0 Å². The lowest BCUT2D eigenvalue weighted by Crippen LogP contribution is -2.31. The molecule has 0 fully saturated rings. The summed E-state index contributed by atoms with van der Waals surface area (Å²) in [6.45, 7) is 3.49. The number of hydrogen-bond acceptors (Lipinski definition) is 2. The van der Waals surface area contributed by atoms with Crippen LogP contribution in [-0.4, -0.2) is 6.03 Å². The van der Waals surface area contributed by atoms with Crippen LogP contribution in [-0.2, 0) is 0 Å². The van der Waals surface area contributed by atoms with Crippen LogP contribution in [0.5, 0.6) is 0 Å². The van der Waals surface area contributed by atoms with Gasteiger partial charge in [0, 0.05) is 11.4 Å². The van der Waals surface area contributed by atoms with Crippen LogP contribution in [0, 0.1) is 12.7 Å². The van der Waals surface area contributed by atoms with Crippen molar-refractivity contribution in [3.63, 3.8) is 0 Å². The van der Waals surface area contributed by atoms with Gasteiger partial charge in [0.1, 0.15) is 5.82 Å². The Balaban J connectivity index is 2.00. The molecule has 0 heterocycles. The quantitative estimate of drug-likeness (QED) is 0.755. The number of aryl methyl sites for hydroxylation is 1. The second-order valence-electron chi connectivity index (χ2n) is 4.95. The molecular formula is C16H18FN3O. The predicted molar refractivity (Wildman–Crippen MR) is 82.6 cm³/mol. The molecule has 0 spiro atoms. The van der Waals surface area contributed by atoms with Gasteiger partial charge in [-0.05, 0) is 49.2 Å². The Morgan fingerprint density at radius 1 is 1.24 bits per heavy atom. The molecule has 0 aromatic heterocycles. The molecule has 1 unspecified atom stereocenters. The number of anilines is 2. The highest BCUT2D eigenvalue weighted by Gasteiger charge is 2.11. The summed E-state index contributed by atoms with van der Waals surface area (Å²) >= 11 is 0. The Hall–Kier alpha value is -2.56. The topological polar surface area (TPSA) is 67.2 Å². The molecule has 0 radical (unpaired) electrons. The second-order valence-corrected chi connectivity index (χ2v) is 4.95. The van der Waals surface area contributed by atoms with Crippen LogP contribution in [0.25, 0.3) is 0 Å². The average Bonchev–Trinajstić information content (AvgIpc) is 2.41. The Kier molecular flexibility index (Phi) is 4.42. The summed E-state index contributed by atoms with van der Waals surface area (Å²) in [5.74, 6) is -0.280. The fourth-order valence-corrected chi connectivity index (χ4v) is 1.94. The first-order valence-electron chi connectivity index (χ1n) is 6.65. The zero-order valence-electron chi connectivity index (χ0n) is 12.0. The van der Waals surface area contributed by atoms with Crippen LogP contribution in [0.4, 0.5) is 20.6 Å². The van der Waals surface area contributed by atoms with E-state index in [1.54, 1.807) is 50.2 Å². The molecule has 2 amide bonds. The molecule has 0 saturated carbocycles. The van der Waals surface area contributed by atoms with Gasteiger partial charge in [-0.2, -0.15) is 0 Å². The van der Waals surface area contributed by atoms with E-state index in [1.807, 2.05) is 0 Å². The van der Waals surface area contributed by atoms with E-state index >= 15 is 0 Å². The summed E-state index contributed by atoms with van der Waals surface area (Å²) in [4.78, 5) is 11.9. The fourth-order valence-electron chi connectivity index (χ4n) is 1.94. The molecule has 1 atom stereocenters. The van der Waals surface area contributed by atoms with E-state index in [4.69, 9.17) is 5.73 Å². The minimum absolute atomic E-state index is 0.280. The van der Waals surface area contributed by atoms with E-state index in [0.717, 1.165) is 0 Å². The number of nitrogen functional groups attached to an aromatic ring is 1. The second kappa shape index (κ2) is 6.26. The van der Waals surface area contributed by atoms with Crippen LogP contribution in [0.15, 0.2) is 42.5 Å². The van der Waals surface area contributed by atoms with Gasteiger partial charge < -0.3 is 16.4 Å². The van der Waals surface area contributed by atoms with Crippen molar-refractivity contribution in [3.05, 3.63) is 59.4 Å². The van der Waals surface area contributed by atoms with Crippen molar-refractivity contribution < 1.29 is 9.18 Å². The van der Waals surface area contributed by atoms with Crippen LogP contribution < -0.4 is 16.4 Å². The van der Waals surface area contributed by atoms with E-state index in [0.29, 0.717) is 22.5 Å². The third-order valence-corrected chi connectivity index (χ3v) is 3.19. The fraction of sp³-hybridized carbons (Fsp3) is 0.188. The summed E-state index contributed by atoms with van der Waals surface area (Å²) in [5.41, 5.74) is 8.11. The molecule has 2 rings (SSSR count). The Bertz CT molecular complexity index is 658. The average molecular weight is 287 g/mol. The lowest BCUT2D eigenvalue weighted by atomic mass is 10.1. The lowest BCUT2D eigenvalue weighted by Gasteiger charge is -2.15. The Morgan fingerprint density at radius 2 is 2.00 bits per heavy atom. The number of nitrogens with two attached hydrogens (primary N) is 1. The van der Waals surface area contributed by atoms with Gasteiger partial charge in [0.25, 0.3) is 0 Å². The molecule has 5 heteroatoms. The highest BCUT2D eigenvalue weighted by Crippen LogP contribution is 2.17. The highest BCUT2D eigenvalue weighted by molar-refractivity contribution is 5.90. The van der Waals surface area contributed by atoms with Gasteiger partial charge in [-0.3, -0.25) is 0 Å². The summed E-state index contributed by atoms with van der Waals surface area (Å²) in [6.07, 6.45) is 0. The molecule has 2 aromatic rings. The molecule has 2 aromatic carbocycles. The smallest absolute Gasteiger partial charge is 0.319 e. The van der Waals surface area contributed by atoms with Gasteiger partial charge in [-0.1, -0.05) is 18.2 Å². The first kappa shape index (κ1) is 14.8. The van der Waals surface area contributed by atoms with E-state index in [9.17, 15) is 9.18 Å². The molecule has 0 aliphatic rings. The third kappa shape index (κ3) is 3.95. The van der Waals surface area contributed by atoms with Gasteiger partial charge in [0.2, 0.25) is 0 Å². The minimum Gasteiger partial charge on any atom is -0.399 e. The van der Waals surface area contributed by atoms with Crippen LogP contribution in [0.2, 0.25) is 0 Å². The Morgan fingerprint density at radius 3 is 2.67 bits per heavy atom. The Labute approximate surface area is 123 Å². The standard InChI is InChI=1S/C16H18FN3O/c1-10-6-7-12(8-15(10)17)11(2)19-16(21)20-14-5-3-4-13(18)9-14/h3-9,11H,18H2,1-2H3,(H2,19,20,21). The normalized spacial score (nSPS) is 11.8. The summed E-state index contributed by atoms with van der Waals surface area (Å²) < 4.78 is 13.5. The largest absolute Gasteiger partial charge is 0.399 e. The zero-order valence-corrected chi connectivity index (χ0v) is 12.0. The van der Waals surface area contributed by atoms with Crippen LogP contribution >= 0.6 is 0 Å². The number of amides is 2. The van der Waals surface area contributed by atoms with E-state index in [2.05, 4.69) is 10.6 Å². The van der Waals surface area contributed by atoms with Gasteiger partial charge in [0.15, 0.2) is 0 Å². The van der Waals surface area contributed by atoms with Crippen LogP contribution in [0.3, 0.4) is 0 Å². The lowest BCUT2D eigenvalue weighted by molar-refractivity contribution is 0.249. The van der Waals surface area contributed by atoms with Crippen molar-refractivity contribution in [2.45, 2.75) is 19.9 Å². The summed E-state index contributed by atoms with van der Waals surface area (Å²) in [5, 5.41) is 5.44. The van der Waals surface area contributed by atoms with Crippen molar-refractivity contribution >= 4 is 17.4 Å². The summed E-state index contributed by atoms with van der Waals surface area (Å²) in [7, 11) is 0. The van der Waals surface area contributed by atoms with Crippen LogP contribution in [0.1, 0.15) is 24.1 Å². The maximum atomic E-state index is 13.5. The maximum Gasteiger partial charge on any atom is 0.319 e. The number of carbonyl (C=O) groups is 1. The first-order chi connectivity index (χ1) is 9.95. The van der Waals surface area contributed by atoms with E-state index in [-0.39, 0.29) is 17.9 Å². The van der Waals surface area contributed by atoms with E-state index in [1.165, 1.54) is 6.07 Å². The molecule has 0 aliphatic heterocycles. The molecule has 0 bridgehead atoms. The van der Waals surface area contributed by atoms with Crippen molar-refractivity contribution in [1.29, 1.82) is 0 Å². The molecule has 21 heavy (non-hydrogen) atoms. The van der Waals surface area contributed by atoms with Crippen molar-refractivity contribution in [2.75, 3.05) is 11.1 Å². The molecule has 4 N–H and O–H groups in total. The molecular weight excluding hydrogens is 269 g/mol. The molecule has 110 valence electrons. The number of urea groups is 1. The number of hydrogen-bond donors (Lipinski definition) is 3. The zero-order chi connectivity index (χ0) is 15.4. The van der Waals surface area contributed by atoms with Gasteiger partial charge in [0.05, 0.1) is 6.04 Å². The van der Waals surface area contributed by atoms with Crippen molar-refractivity contribution in [1.82, 2.24) is 5.32 Å². The van der Waals surface area contributed by atoms with Crippen molar-refractivity contribution in [3.8, 4) is 0 Å². The number of rotatable bonds is 3. The number of benzene rings is 2. The van der Waals surface area contributed by atoms with Gasteiger partial charge in [-0.25, -0.2) is 9.18 Å². The SMILES string of the molecule is Cc1ccc(C(C)NC(=O)Nc2cccc(N)c2)cc1F. The van der Waals surface area contributed by atoms with Crippen molar-refractivity contribution in [2.24, 2.45) is 0 Å². The number of carbonyl (C=O) groups excluding carboxylic acids is 1. The third-order valence-electron chi connectivity index (χ3n) is 3.19. The maximum absolute atomic E-state index is 13.5. The molecule has 4 nitrogen and oxygen atoms in total. The van der Waals surface area contributed by atoms with Gasteiger partial charge >= 0.3 is 6.03 Å². The highest BCUT2D eigenvalue weighted by atomic mass is 19.1. The predicted octanol–water partition coefficient (Wildman–Crippen LogP) is 3.60. The monoisotopic (exact) mass is 287 g/mol. The number of nitrogens with one attached hydrogen (secondary N) is 2.